The van der Waals surface area contributed by atoms with Gasteiger partial charge < -0.3 is 11.1 Å². The molecule has 1 aromatic rings. The van der Waals surface area contributed by atoms with Gasteiger partial charge in [-0.3, -0.25) is 9.69 Å². The Bertz CT molecular complexity index is 443. The summed E-state index contributed by atoms with van der Waals surface area (Å²) in [5.74, 6) is -0.274. The Labute approximate surface area is 118 Å². The third-order valence-electron chi connectivity index (χ3n) is 3.81. The first-order valence-electron chi connectivity index (χ1n) is 6.52. The van der Waals surface area contributed by atoms with Crippen LogP contribution in [0.3, 0.4) is 0 Å². The van der Waals surface area contributed by atoms with Crippen LogP contribution >= 0.6 is 11.6 Å². The molecule has 2 rings (SSSR count). The van der Waals surface area contributed by atoms with E-state index >= 15 is 0 Å². The van der Waals surface area contributed by atoms with Crippen molar-refractivity contribution in [1.29, 1.82) is 0 Å². The number of nitrogens with zero attached hydrogens (tertiary/aromatic N) is 1. The molecule has 0 aliphatic carbocycles. The molecule has 0 saturated carbocycles. The van der Waals surface area contributed by atoms with Crippen molar-refractivity contribution in [3.8, 4) is 0 Å². The summed E-state index contributed by atoms with van der Waals surface area (Å²) in [4.78, 5) is 14.1. The predicted octanol–water partition coefficient (Wildman–Crippen LogP) is 1.03. The number of nitrogens with one attached hydrogen (secondary N) is 1. The van der Waals surface area contributed by atoms with Crippen LogP contribution in [0.4, 0.5) is 0 Å². The number of hydrogen-bond donors (Lipinski definition) is 2. The highest BCUT2D eigenvalue weighted by Gasteiger charge is 2.38. The lowest BCUT2D eigenvalue weighted by Crippen LogP contribution is -2.61. The molecule has 0 spiro atoms. The summed E-state index contributed by atoms with van der Waals surface area (Å²) in [6.45, 7) is 5.39. The molecular weight excluding hydrogens is 262 g/mol. The molecule has 1 aliphatic rings. The van der Waals surface area contributed by atoms with Crippen molar-refractivity contribution in [1.82, 2.24) is 10.2 Å². The van der Waals surface area contributed by atoms with E-state index in [9.17, 15) is 4.79 Å². The average molecular weight is 282 g/mol. The number of piperazine rings is 1. The van der Waals surface area contributed by atoms with Crippen LogP contribution in [-0.4, -0.2) is 42.5 Å². The summed E-state index contributed by atoms with van der Waals surface area (Å²) < 4.78 is 0. The number of hydrogen-bond acceptors (Lipinski definition) is 3. The summed E-state index contributed by atoms with van der Waals surface area (Å²) >= 11 is 5.88. The summed E-state index contributed by atoms with van der Waals surface area (Å²) in [6, 6.07) is 7.59. The zero-order valence-electron chi connectivity index (χ0n) is 11.2. The Kier molecular flexibility index (Phi) is 4.45. The van der Waals surface area contributed by atoms with Gasteiger partial charge in [-0.2, -0.15) is 0 Å². The van der Waals surface area contributed by atoms with Crippen LogP contribution in [0.2, 0.25) is 5.02 Å². The monoisotopic (exact) mass is 281 g/mol. The predicted molar refractivity (Wildman–Crippen MR) is 77.2 cm³/mol. The number of benzene rings is 1. The van der Waals surface area contributed by atoms with Crippen LogP contribution in [0.25, 0.3) is 0 Å². The smallest absolute Gasteiger partial charge is 0.238 e. The molecule has 104 valence electrons. The molecule has 1 fully saturated rings. The Morgan fingerprint density at radius 3 is 2.47 bits per heavy atom. The van der Waals surface area contributed by atoms with Crippen molar-refractivity contribution in [3.63, 3.8) is 0 Å². The molecule has 1 unspecified atom stereocenters. The quantitative estimate of drug-likeness (QED) is 0.867. The molecule has 5 heteroatoms. The van der Waals surface area contributed by atoms with Crippen molar-refractivity contribution in [2.75, 3.05) is 26.2 Å². The molecule has 4 nitrogen and oxygen atoms in total. The van der Waals surface area contributed by atoms with E-state index in [1.54, 1.807) is 0 Å². The van der Waals surface area contributed by atoms with E-state index in [1.165, 1.54) is 0 Å². The highest BCUT2D eigenvalue weighted by Crippen LogP contribution is 2.22. The number of halogens is 1. The standard InChI is InChI=1S/C14H20ClN3O/c1-14(13(16)19,18-8-6-17-7-9-18)10-11-2-4-12(15)5-3-11/h2-5,17H,6-10H2,1H3,(H2,16,19). The fourth-order valence-corrected chi connectivity index (χ4v) is 2.64. The lowest BCUT2D eigenvalue weighted by molar-refractivity contribution is -0.129. The van der Waals surface area contributed by atoms with E-state index in [-0.39, 0.29) is 5.91 Å². The topological polar surface area (TPSA) is 58.4 Å². The molecule has 0 bridgehead atoms. The van der Waals surface area contributed by atoms with E-state index in [0.29, 0.717) is 11.4 Å². The molecule has 1 heterocycles. The van der Waals surface area contributed by atoms with E-state index in [1.807, 2.05) is 31.2 Å². The third-order valence-corrected chi connectivity index (χ3v) is 4.06. The largest absolute Gasteiger partial charge is 0.368 e. The molecule has 1 atom stereocenters. The summed E-state index contributed by atoms with van der Waals surface area (Å²) in [6.07, 6.45) is 0.611. The highest BCUT2D eigenvalue weighted by atomic mass is 35.5. The molecule has 1 amide bonds. The van der Waals surface area contributed by atoms with Gasteiger partial charge in [-0.25, -0.2) is 0 Å². The van der Waals surface area contributed by atoms with Gasteiger partial charge in [0, 0.05) is 31.2 Å². The molecular formula is C14H20ClN3O. The minimum absolute atomic E-state index is 0.274. The maximum Gasteiger partial charge on any atom is 0.238 e. The van der Waals surface area contributed by atoms with Crippen LogP contribution < -0.4 is 11.1 Å². The first-order chi connectivity index (χ1) is 9.02. The van der Waals surface area contributed by atoms with Crippen molar-refractivity contribution < 1.29 is 4.79 Å². The maximum absolute atomic E-state index is 11.9. The zero-order valence-corrected chi connectivity index (χ0v) is 11.9. The average Bonchev–Trinajstić information content (AvgIpc) is 2.42. The van der Waals surface area contributed by atoms with Crippen molar-refractivity contribution >= 4 is 17.5 Å². The zero-order chi connectivity index (χ0) is 13.9. The fourth-order valence-electron chi connectivity index (χ4n) is 2.51. The number of rotatable bonds is 4. The van der Waals surface area contributed by atoms with Gasteiger partial charge in [-0.05, 0) is 31.0 Å². The van der Waals surface area contributed by atoms with Gasteiger partial charge >= 0.3 is 0 Å². The second kappa shape index (κ2) is 5.90. The van der Waals surface area contributed by atoms with Crippen LogP contribution in [0, 0.1) is 0 Å². The number of primary amides is 1. The SMILES string of the molecule is CC(Cc1ccc(Cl)cc1)(C(N)=O)N1CCNCC1. The van der Waals surface area contributed by atoms with Crippen LogP contribution in [-0.2, 0) is 11.2 Å². The first kappa shape index (κ1) is 14.3. The van der Waals surface area contributed by atoms with Crippen LogP contribution in [0.5, 0.6) is 0 Å². The Morgan fingerprint density at radius 2 is 1.95 bits per heavy atom. The molecule has 19 heavy (non-hydrogen) atoms. The fraction of sp³-hybridized carbons (Fsp3) is 0.500. The van der Waals surface area contributed by atoms with E-state index in [4.69, 9.17) is 17.3 Å². The van der Waals surface area contributed by atoms with Gasteiger partial charge in [0.25, 0.3) is 0 Å². The van der Waals surface area contributed by atoms with Gasteiger partial charge in [0.05, 0.1) is 0 Å². The lowest BCUT2D eigenvalue weighted by Gasteiger charge is -2.41. The molecule has 1 saturated heterocycles. The molecule has 1 aromatic carbocycles. The van der Waals surface area contributed by atoms with Gasteiger partial charge in [0.15, 0.2) is 0 Å². The summed E-state index contributed by atoms with van der Waals surface area (Å²) in [7, 11) is 0. The second-order valence-corrected chi connectivity index (χ2v) is 5.61. The second-order valence-electron chi connectivity index (χ2n) is 5.18. The van der Waals surface area contributed by atoms with Gasteiger partial charge in [-0.15, -0.1) is 0 Å². The minimum atomic E-state index is -0.643. The summed E-state index contributed by atoms with van der Waals surface area (Å²) in [5.41, 5.74) is 6.08. The molecule has 1 aliphatic heterocycles. The Hall–Kier alpha value is -1.10. The first-order valence-corrected chi connectivity index (χ1v) is 6.90. The van der Waals surface area contributed by atoms with Crippen molar-refractivity contribution in [2.24, 2.45) is 5.73 Å². The minimum Gasteiger partial charge on any atom is -0.368 e. The molecule has 3 N–H and O–H groups in total. The Balaban J connectivity index is 2.18. The maximum atomic E-state index is 11.9. The number of carbonyl (C=O) groups is 1. The summed E-state index contributed by atoms with van der Waals surface area (Å²) in [5, 5.41) is 3.99. The number of amides is 1. The Morgan fingerprint density at radius 1 is 1.37 bits per heavy atom. The number of carbonyl (C=O) groups excluding carboxylic acids is 1. The number of nitrogens with two attached hydrogens (primary N) is 1. The van der Waals surface area contributed by atoms with E-state index < -0.39 is 5.54 Å². The molecule has 0 aromatic heterocycles. The van der Waals surface area contributed by atoms with Gasteiger partial charge in [0.2, 0.25) is 5.91 Å². The van der Waals surface area contributed by atoms with E-state index in [2.05, 4.69) is 10.2 Å². The van der Waals surface area contributed by atoms with Gasteiger partial charge in [0.1, 0.15) is 5.54 Å². The third kappa shape index (κ3) is 3.26. The lowest BCUT2D eigenvalue weighted by atomic mass is 9.89. The van der Waals surface area contributed by atoms with Crippen molar-refractivity contribution in [3.05, 3.63) is 34.9 Å². The van der Waals surface area contributed by atoms with Gasteiger partial charge in [-0.1, -0.05) is 23.7 Å². The van der Waals surface area contributed by atoms with E-state index in [0.717, 1.165) is 31.7 Å². The van der Waals surface area contributed by atoms with Crippen molar-refractivity contribution in [2.45, 2.75) is 18.9 Å². The molecule has 0 radical (unpaired) electrons. The normalized spacial score (nSPS) is 19.9. The van der Waals surface area contributed by atoms with Crippen LogP contribution in [0.1, 0.15) is 12.5 Å². The highest BCUT2D eigenvalue weighted by molar-refractivity contribution is 6.30. The van der Waals surface area contributed by atoms with Crippen LogP contribution in [0.15, 0.2) is 24.3 Å².